The molecular weight excluding hydrogens is 188 g/mol. The molecule has 0 aromatic carbocycles. The molecule has 2 heterocycles. The highest BCUT2D eigenvalue weighted by Gasteiger charge is 2.19. The summed E-state index contributed by atoms with van der Waals surface area (Å²) in [6.07, 6.45) is 4.50. The molecule has 0 amide bonds. The van der Waals surface area contributed by atoms with Crippen LogP contribution in [0.2, 0.25) is 0 Å². The molecule has 0 aliphatic heterocycles. The first-order chi connectivity index (χ1) is 7.02. The number of aryl methyl sites for hydroxylation is 1. The number of nitrogens with zero attached hydrogens (tertiary/aromatic N) is 4. The van der Waals surface area contributed by atoms with Crippen molar-refractivity contribution in [3.05, 3.63) is 23.9 Å². The minimum absolute atomic E-state index is 0.0543. The van der Waals surface area contributed by atoms with Crippen molar-refractivity contribution in [3.63, 3.8) is 0 Å². The average Bonchev–Trinajstić information content (AvgIpc) is 2.59. The molecular formula is C11H16N4. The highest BCUT2D eigenvalue weighted by Crippen LogP contribution is 2.21. The summed E-state index contributed by atoms with van der Waals surface area (Å²) in [5.41, 5.74) is 1.99. The van der Waals surface area contributed by atoms with E-state index >= 15 is 0 Å². The molecule has 0 radical (unpaired) electrons. The van der Waals surface area contributed by atoms with Crippen LogP contribution in [0.15, 0.2) is 12.4 Å². The second-order valence-corrected chi connectivity index (χ2v) is 4.69. The van der Waals surface area contributed by atoms with E-state index in [1.54, 1.807) is 6.20 Å². The Morgan fingerprint density at radius 1 is 1.20 bits per heavy atom. The summed E-state index contributed by atoms with van der Waals surface area (Å²) in [5, 5.41) is 4.46. The van der Waals surface area contributed by atoms with Gasteiger partial charge in [-0.05, 0) is 0 Å². The lowest BCUT2D eigenvalue weighted by atomic mass is 9.93. The molecule has 0 aliphatic carbocycles. The van der Waals surface area contributed by atoms with Gasteiger partial charge in [-0.1, -0.05) is 27.7 Å². The first-order valence-corrected chi connectivity index (χ1v) is 5.22. The van der Waals surface area contributed by atoms with Gasteiger partial charge in [0.05, 0.1) is 18.1 Å². The van der Waals surface area contributed by atoms with Gasteiger partial charge in [-0.25, -0.2) is 14.5 Å². The lowest BCUT2D eigenvalue weighted by Crippen LogP contribution is -2.16. The van der Waals surface area contributed by atoms with Crippen LogP contribution in [0, 0.1) is 0 Å². The molecule has 0 saturated heterocycles. The average molecular weight is 204 g/mol. The standard InChI is InChI=1S/C11H16N4/c1-5-9-12-7-10-13-6-8(11(2,3)4)15(10)14-9/h6-7H,5H2,1-4H3. The van der Waals surface area contributed by atoms with Crippen LogP contribution in [-0.2, 0) is 11.8 Å². The van der Waals surface area contributed by atoms with Crippen LogP contribution in [0.4, 0.5) is 0 Å². The van der Waals surface area contributed by atoms with Gasteiger partial charge in [0.1, 0.15) is 5.82 Å². The van der Waals surface area contributed by atoms with Crippen molar-refractivity contribution in [2.24, 2.45) is 0 Å². The molecule has 0 N–H and O–H groups in total. The van der Waals surface area contributed by atoms with Crippen molar-refractivity contribution < 1.29 is 0 Å². The number of fused-ring (bicyclic) bond motifs is 1. The van der Waals surface area contributed by atoms with Crippen LogP contribution in [0.3, 0.4) is 0 Å². The number of aromatic nitrogens is 4. The van der Waals surface area contributed by atoms with Crippen LogP contribution in [0.5, 0.6) is 0 Å². The molecule has 15 heavy (non-hydrogen) atoms. The molecule has 0 fully saturated rings. The molecule has 0 saturated carbocycles. The summed E-state index contributed by atoms with van der Waals surface area (Å²) in [6.45, 7) is 8.52. The predicted octanol–water partition coefficient (Wildman–Crippen LogP) is 1.98. The summed E-state index contributed by atoms with van der Waals surface area (Å²) in [6, 6.07) is 0. The maximum Gasteiger partial charge on any atom is 0.172 e. The van der Waals surface area contributed by atoms with E-state index in [9.17, 15) is 0 Å². The third-order valence-electron chi connectivity index (χ3n) is 2.39. The monoisotopic (exact) mass is 204 g/mol. The molecule has 80 valence electrons. The lowest BCUT2D eigenvalue weighted by Gasteiger charge is -2.16. The van der Waals surface area contributed by atoms with Crippen LogP contribution < -0.4 is 0 Å². The van der Waals surface area contributed by atoms with Crippen molar-refractivity contribution in [1.29, 1.82) is 0 Å². The van der Waals surface area contributed by atoms with E-state index < -0.39 is 0 Å². The highest BCUT2D eigenvalue weighted by atomic mass is 15.3. The largest absolute Gasteiger partial charge is 0.236 e. The Balaban J connectivity index is 2.67. The van der Waals surface area contributed by atoms with E-state index in [2.05, 4.69) is 42.8 Å². The molecule has 2 aromatic heterocycles. The van der Waals surface area contributed by atoms with Gasteiger partial charge in [0, 0.05) is 11.8 Å². The van der Waals surface area contributed by atoms with Gasteiger partial charge in [-0.15, -0.1) is 0 Å². The fourth-order valence-electron chi connectivity index (χ4n) is 1.50. The maximum absolute atomic E-state index is 4.46. The summed E-state index contributed by atoms with van der Waals surface area (Å²) < 4.78 is 1.89. The minimum atomic E-state index is 0.0543. The molecule has 0 atom stereocenters. The molecule has 2 rings (SSSR count). The van der Waals surface area contributed by atoms with Crippen molar-refractivity contribution in [3.8, 4) is 0 Å². The van der Waals surface area contributed by atoms with E-state index in [-0.39, 0.29) is 5.41 Å². The number of hydrogen-bond donors (Lipinski definition) is 0. The zero-order chi connectivity index (χ0) is 11.1. The first kappa shape index (κ1) is 10.1. The Morgan fingerprint density at radius 2 is 1.93 bits per heavy atom. The Bertz CT molecular complexity index is 479. The summed E-state index contributed by atoms with van der Waals surface area (Å²) in [4.78, 5) is 8.52. The van der Waals surface area contributed by atoms with E-state index in [1.807, 2.05) is 10.7 Å². The summed E-state index contributed by atoms with van der Waals surface area (Å²) in [5.74, 6) is 0.853. The van der Waals surface area contributed by atoms with Crippen LogP contribution >= 0.6 is 0 Å². The Kier molecular flexibility index (Phi) is 2.21. The first-order valence-electron chi connectivity index (χ1n) is 5.22. The molecule has 2 aromatic rings. The van der Waals surface area contributed by atoms with E-state index in [4.69, 9.17) is 0 Å². The smallest absolute Gasteiger partial charge is 0.172 e. The fourth-order valence-corrected chi connectivity index (χ4v) is 1.50. The summed E-state index contributed by atoms with van der Waals surface area (Å²) >= 11 is 0. The second kappa shape index (κ2) is 3.29. The lowest BCUT2D eigenvalue weighted by molar-refractivity contribution is 0.547. The van der Waals surface area contributed by atoms with Crippen molar-refractivity contribution in [2.75, 3.05) is 0 Å². The molecule has 0 unspecified atom stereocenters. The van der Waals surface area contributed by atoms with Gasteiger partial charge in [0.15, 0.2) is 5.65 Å². The second-order valence-electron chi connectivity index (χ2n) is 4.69. The number of imidazole rings is 1. The van der Waals surface area contributed by atoms with Gasteiger partial charge in [0.25, 0.3) is 0 Å². The van der Waals surface area contributed by atoms with Crippen LogP contribution in [0.1, 0.15) is 39.2 Å². The number of hydrogen-bond acceptors (Lipinski definition) is 3. The Hall–Kier alpha value is -1.45. The third kappa shape index (κ3) is 1.71. The fraction of sp³-hybridized carbons (Fsp3) is 0.545. The molecule has 0 spiro atoms. The predicted molar refractivity (Wildman–Crippen MR) is 58.9 cm³/mol. The highest BCUT2D eigenvalue weighted by molar-refractivity contribution is 5.37. The van der Waals surface area contributed by atoms with Crippen molar-refractivity contribution in [2.45, 2.75) is 39.5 Å². The van der Waals surface area contributed by atoms with E-state index in [0.717, 1.165) is 23.6 Å². The quantitative estimate of drug-likeness (QED) is 0.713. The third-order valence-corrected chi connectivity index (χ3v) is 2.39. The van der Waals surface area contributed by atoms with Gasteiger partial charge >= 0.3 is 0 Å². The molecule has 0 bridgehead atoms. The Morgan fingerprint density at radius 3 is 2.53 bits per heavy atom. The SMILES string of the molecule is CCc1ncc2ncc(C(C)(C)C)n2n1. The molecule has 0 aliphatic rings. The van der Waals surface area contributed by atoms with E-state index in [1.165, 1.54) is 0 Å². The van der Waals surface area contributed by atoms with Gasteiger partial charge in [-0.3, -0.25) is 0 Å². The molecule has 4 heteroatoms. The normalized spacial score (nSPS) is 12.3. The zero-order valence-corrected chi connectivity index (χ0v) is 9.65. The topological polar surface area (TPSA) is 43.1 Å². The van der Waals surface area contributed by atoms with Crippen LogP contribution in [0.25, 0.3) is 5.65 Å². The zero-order valence-electron chi connectivity index (χ0n) is 9.65. The Labute approximate surface area is 89.4 Å². The van der Waals surface area contributed by atoms with Gasteiger partial charge in [0.2, 0.25) is 0 Å². The van der Waals surface area contributed by atoms with E-state index in [0.29, 0.717) is 0 Å². The van der Waals surface area contributed by atoms with Crippen LogP contribution in [-0.4, -0.2) is 19.6 Å². The van der Waals surface area contributed by atoms with Gasteiger partial charge in [-0.2, -0.15) is 5.10 Å². The molecule has 4 nitrogen and oxygen atoms in total. The minimum Gasteiger partial charge on any atom is -0.236 e. The summed E-state index contributed by atoms with van der Waals surface area (Å²) in [7, 11) is 0. The maximum atomic E-state index is 4.46. The van der Waals surface area contributed by atoms with Gasteiger partial charge < -0.3 is 0 Å². The van der Waals surface area contributed by atoms with Crippen molar-refractivity contribution >= 4 is 5.65 Å². The number of rotatable bonds is 1. The van der Waals surface area contributed by atoms with Crippen molar-refractivity contribution in [1.82, 2.24) is 19.6 Å².